The number of anilines is 5. The predicted molar refractivity (Wildman–Crippen MR) is 152 cm³/mol. The van der Waals surface area contributed by atoms with Crippen LogP contribution in [0, 0.1) is 11.3 Å². The molecule has 210 valence electrons. The molecule has 1 atom stereocenters. The Morgan fingerprint density at radius 3 is 2.66 bits per heavy atom. The average Bonchev–Trinajstić information content (AvgIpc) is 3.37. The Balaban J connectivity index is 1.42. The van der Waals surface area contributed by atoms with Gasteiger partial charge in [0.25, 0.3) is 5.91 Å². The van der Waals surface area contributed by atoms with Gasteiger partial charge in [-0.1, -0.05) is 0 Å². The highest BCUT2D eigenvalue weighted by Gasteiger charge is 2.42. The van der Waals surface area contributed by atoms with Crippen LogP contribution in [0.15, 0.2) is 51.8 Å². The molecule has 3 heterocycles. The third-order valence-corrected chi connectivity index (χ3v) is 7.84. The number of oxazole rings is 1. The Hall–Kier alpha value is -4.89. The van der Waals surface area contributed by atoms with Gasteiger partial charge in [0.2, 0.25) is 5.95 Å². The van der Waals surface area contributed by atoms with Crippen molar-refractivity contribution in [3.8, 4) is 11.8 Å². The third-order valence-electron chi connectivity index (χ3n) is 7.84. The number of hydrogen-bond acceptors (Lipinski definition) is 10. The van der Waals surface area contributed by atoms with Crippen LogP contribution in [-0.2, 0) is 9.53 Å². The fraction of sp³-hybridized carbons (Fsp3) is 0.345. The topological polar surface area (TPSA) is 150 Å². The molecule has 2 aliphatic rings. The lowest BCUT2D eigenvalue weighted by Crippen LogP contribution is -2.55. The van der Waals surface area contributed by atoms with Crippen LogP contribution >= 0.6 is 0 Å². The van der Waals surface area contributed by atoms with E-state index in [1.807, 2.05) is 6.92 Å². The number of nitrogens with zero attached hydrogens (tertiary/aromatic N) is 5. The third kappa shape index (κ3) is 4.74. The van der Waals surface area contributed by atoms with Gasteiger partial charge in [-0.15, -0.1) is 0 Å². The first-order valence-electron chi connectivity index (χ1n) is 13.4. The number of fused-ring (bicyclic) bond motifs is 2. The van der Waals surface area contributed by atoms with E-state index in [1.165, 1.54) is 7.11 Å². The van der Waals surface area contributed by atoms with Gasteiger partial charge >= 0.3 is 5.76 Å². The lowest BCUT2D eigenvalue weighted by molar-refractivity contribution is -0.119. The molecule has 1 amide bonds. The van der Waals surface area contributed by atoms with Crippen LogP contribution in [0.25, 0.3) is 11.1 Å². The molecule has 6 rings (SSSR count). The molecular formula is C29H29N7O5. The molecule has 1 saturated carbocycles. The molecule has 0 radical (unpaired) electrons. The van der Waals surface area contributed by atoms with E-state index in [1.54, 1.807) is 54.6 Å². The number of carbonyl (C=O) groups is 1. The number of hydrogen-bond donors (Lipinski definition) is 2. The minimum absolute atomic E-state index is 0.0834. The summed E-state index contributed by atoms with van der Waals surface area (Å²) in [7, 11) is 3.23. The highest BCUT2D eigenvalue weighted by atomic mass is 16.5. The second kappa shape index (κ2) is 10.6. The maximum atomic E-state index is 14.0. The number of nitrogens with one attached hydrogen (secondary N) is 2. The van der Waals surface area contributed by atoms with Crippen LogP contribution in [0.2, 0.25) is 0 Å². The monoisotopic (exact) mass is 555 g/mol. The van der Waals surface area contributed by atoms with Crippen molar-refractivity contribution in [2.45, 2.75) is 50.8 Å². The molecule has 1 fully saturated rings. The van der Waals surface area contributed by atoms with Gasteiger partial charge < -0.3 is 24.1 Å². The Labute approximate surface area is 235 Å². The molecule has 1 aliphatic heterocycles. The van der Waals surface area contributed by atoms with Crippen LogP contribution in [0.3, 0.4) is 0 Å². The minimum Gasteiger partial charge on any atom is -0.495 e. The Morgan fingerprint density at radius 2 is 1.93 bits per heavy atom. The lowest BCUT2D eigenvalue weighted by atomic mass is 9.90. The van der Waals surface area contributed by atoms with E-state index in [2.05, 4.69) is 26.3 Å². The zero-order chi connectivity index (χ0) is 28.7. The lowest BCUT2D eigenvalue weighted by Gasteiger charge is -2.46. The van der Waals surface area contributed by atoms with Crippen molar-refractivity contribution in [2.75, 3.05) is 29.3 Å². The van der Waals surface area contributed by atoms with E-state index in [0.717, 1.165) is 25.7 Å². The molecule has 12 heteroatoms. The van der Waals surface area contributed by atoms with Crippen LogP contribution < -0.4 is 25.6 Å². The maximum absolute atomic E-state index is 14.0. The van der Waals surface area contributed by atoms with E-state index < -0.39 is 11.8 Å². The van der Waals surface area contributed by atoms with Crippen molar-refractivity contribution in [3.63, 3.8) is 0 Å². The second-order valence-electron chi connectivity index (χ2n) is 10.2. The van der Waals surface area contributed by atoms with Crippen molar-refractivity contribution >= 4 is 45.8 Å². The molecule has 0 spiro atoms. The Morgan fingerprint density at radius 1 is 1.12 bits per heavy atom. The number of aromatic amines is 1. The SMILES string of the molecule is COc1ccc(N2C(=O)[C@@H](C)N(C3CCC(OC)CC3)c3nc(Nc4ccc5[nH]c(=O)oc5c4)ncc32)cc1C#N. The van der Waals surface area contributed by atoms with Gasteiger partial charge in [-0.2, -0.15) is 10.2 Å². The van der Waals surface area contributed by atoms with E-state index >= 15 is 0 Å². The Bertz CT molecular complexity index is 1720. The fourth-order valence-electron chi connectivity index (χ4n) is 5.77. The van der Waals surface area contributed by atoms with Crippen LogP contribution in [0.4, 0.5) is 28.8 Å². The van der Waals surface area contributed by atoms with Crippen molar-refractivity contribution < 1.29 is 18.7 Å². The molecule has 2 N–H and O–H groups in total. The molecule has 12 nitrogen and oxygen atoms in total. The zero-order valence-electron chi connectivity index (χ0n) is 22.9. The molecule has 0 bridgehead atoms. The van der Waals surface area contributed by atoms with Gasteiger partial charge in [0.15, 0.2) is 11.4 Å². The van der Waals surface area contributed by atoms with Crippen molar-refractivity contribution in [3.05, 3.63) is 58.7 Å². The van der Waals surface area contributed by atoms with E-state index in [4.69, 9.17) is 18.9 Å². The van der Waals surface area contributed by atoms with Crippen molar-refractivity contribution in [1.82, 2.24) is 15.0 Å². The number of aromatic nitrogens is 3. The largest absolute Gasteiger partial charge is 0.495 e. The number of amides is 1. The summed E-state index contributed by atoms with van der Waals surface area (Å²) < 4.78 is 16.1. The van der Waals surface area contributed by atoms with E-state index in [-0.39, 0.29) is 18.1 Å². The summed E-state index contributed by atoms with van der Waals surface area (Å²) in [5, 5.41) is 12.9. The van der Waals surface area contributed by atoms with Gasteiger partial charge in [-0.25, -0.2) is 9.78 Å². The van der Waals surface area contributed by atoms with Crippen LogP contribution in [-0.4, -0.2) is 53.3 Å². The highest BCUT2D eigenvalue weighted by Crippen LogP contribution is 2.43. The number of rotatable bonds is 6. The summed E-state index contributed by atoms with van der Waals surface area (Å²) in [4.78, 5) is 41.3. The number of nitriles is 1. The summed E-state index contributed by atoms with van der Waals surface area (Å²) in [5.74, 6) is 0.691. The number of methoxy groups -OCH3 is 2. The minimum atomic E-state index is -0.530. The van der Waals surface area contributed by atoms with Gasteiger partial charge in [0.1, 0.15) is 23.5 Å². The summed E-state index contributed by atoms with van der Waals surface area (Å²) in [6, 6.07) is 12.0. The summed E-state index contributed by atoms with van der Waals surface area (Å²) in [5.41, 5.74) is 3.00. The predicted octanol–water partition coefficient (Wildman–Crippen LogP) is 4.37. The van der Waals surface area contributed by atoms with Crippen LogP contribution in [0.1, 0.15) is 38.2 Å². The number of benzene rings is 2. The van der Waals surface area contributed by atoms with Gasteiger partial charge in [0.05, 0.1) is 36.2 Å². The summed E-state index contributed by atoms with van der Waals surface area (Å²) >= 11 is 0. The zero-order valence-corrected chi connectivity index (χ0v) is 22.9. The first-order chi connectivity index (χ1) is 19.9. The van der Waals surface area contributed by atoms with Crippen molar-refractivity contribution in [2.24, 2.45) is 0 Å². The smallest absolute Gasteiger partial charge is 0.417 e. The molecule has 0 unspecified atom stereocenters. The first kappa shape index (κ1) is 26.3. The van der Waals surface area contributed by atoms with E-state index in [0.29, 0.717) is 51.2 Å². The number of carbonyl (C=O) groups excluding carboxylic acids is 1. The molecule has 1 aliphatic carbocycles. The van der Waals surface area contributed by atoms with Gasteiger partial charge in [0, 0.05) is 24.9 Å². The Kier molecular flexibility index (Phi) is 6.80. The molecular weight excluding hydrogens is 526 g/mol. The molecule has 2 aromatic heterocycles. The number of H-pyrrole nitrogens is 1. The maximum Gasteiger partial charge on any atom is 0.417 e. The fourth-order valence-corrected chi connectivity index (χ4v) is 5.77. The van der Waals surface area contributed by atoms with Crippen LogP contribution in [0.5, 0.6) is 5.75 Å². The normalized spacial score (nSPS) is 20.5. The average molecular weight is 556 g/mol. The van der Waals surface area contributed by atoms with E-state index in [9.17, 15) is 14.9 Å². The highest BCUT2D eigenvalue weighted by molar-refractivity contribution is 6.10. The molecule has 2 aromatic carbocycles. The second-order valence-corrected chi connectivity index (χ2v) is 10.2. The molecule has 4 aromatic rings. The standard InChI is InChI=1S/C29H29N7O5/c1-16-27(37)36(20-7-11-24(40-3)17(12-20)14-30)23-15-31-28(32-18-4-10-22-25(13-18)41-29(38)33-22)34-26(23)35(16)19-5-8-21(39-2)9-6-19/h4,7,10-13,15-16,19,21H,5-6,8-9H2,1-3H3,(H,33,38)(H,31,32,34)/t16-,19?,21?/m1/s1. The number of ether oxygens (including phenoxy) is 2. The molecule has 41 heavy (non-hydrogen) atoms. The van der Waals surface area contributed by atoms with Crippen molar-refractivity contribution in [1.29, 1.82) is 5.26 Å². The first-order valence-corrected chi connectivity index (χ1v) is 13.4. The van der Waals surface area contributed by atoms with Gasteiger partial charge in [-0.3, -0.25) is 14.7 Å². The summed E-state index contributed by atoms with van der Waals surface area (Å²) in [6.45, 7) is 1.88. The van der Waals surface area contributed by atoms with Gasteiger partial charge in [-0.05, 0) is 62.9 Å². The molecule has 0 saturated heterocycles. The quantitative estimate of drug-likeness (QED) is 0.351. The summed E-state index contributed by atoms with van der Waals surface area (Å²) in [6.07, 6.45) is 5.30.